The fourth-order valence-corrected chi connectivity index (χ4v) is 3.53. The molecule has 1 heterocycles. The lowest BCUT2D eigenvalue weighted by Crippen LogP contribution is -2.28. The number of nitrogens with zero attached hydrogens (tertiary/aromatic N) is 1. The lowest BCUT2D eigenvalue weighted by atomic mass is 9.87. The van der Waals surface area contributed by atoms with E-state index in [0.29, 0.717) is 0 Å². The highest BCUT2D eigenvalue weighted by Crippen LogP contribution is 2.39. The van der Waals surface area contributed by atoms with Crippen molar-refractivity contribution in [2.45, 2.75) is 19.4 Å². The fraction of sp³-hybridized carbons (Fsp3) is 0.316. The molecule has 2 aromatic rings. The Balaban J connectivity index is 1.92. The number of carbonyl (C=O) groups is 1. The second-order valence-corrected chi connectivity index (χ2v) is 6.19. The summed E-state index contributed by atoms with van der Waals surface area (Å²) < 4.78 is 0. The predicted octanol–water partition coefficient (Wildman–Crippen LogP) is 4.61. The molecule has 1 fully saturated rings. The van der Waals surface area contributed by atoms with Gasteiger partial charge in [-0.1, -0.05) is 61.0 Å². The zero-order valence-electron chi connectivity index (χ0n) is 12.7. The van der Waals surface area contributed by atoms with Gasteiger partial charge in [-0.3, -0.25) is 9.69 Å². The smallest absolute Gasteiger partial charge is 0.167 e. The highest BCUT2D eigenvalue weighted by Gasteiger charge is 2.38. The van der Waals surface area contributed by atoms with Gasteiger partial charge in [0.1, 0.15) is 0 Å². The summed E-state index contributed by atoms with van der Waals surface area (Å²) in [6, 6.07) is 17.7. The molecular formula is C19H20ClNO. The number of likely N-dealkylation sites (tertiary alicyclic amines) is 1. The van der Waals surface area contributed by atoms with E-state index in [2.05, 4.69) is 11.8 Å². The lowest BCUT2D eigenvalue weighted by Gasteiger charge is -2.27. The van der Waals surface area contributed by atoms with Crippen molar-refractivity contribution >= 4 is 17.4 Å². The molecule has 22 heavy (non-hydrogen) atoms. The maximum atomic E-state index is 12.9. The summed E-state index contributed by atoms with van der Waals surface area (Å²) >= 11 is 6.00. The summed E-state index contributed by atoms with van der Waals surface area (Å²) in [5, 5.41) is 0.732. The molecule has 1 aliphatic heterocycles. The molecule has 0 N–H and O–H groups in total. The van der Waals surface area contributed by atoms with Crippen molar-refractivity contribution in [3.63, 3.8) is 0 Å². The molecule has 2 unspecified atom stereocenters. The third-order valence-corrected chi connectivity index (χ3v) is 4.77. The topological polar surface area (TPSA) is 20.3 Å². The average Bonchev–Trinajstić information content (AvgIpc) is 2.99. The van der Waals surface area contributed by atoms with Gasteiger partial charge < -0.3 is 0 Å². The van der Waals surface area contributed by atoms with Crippen molar-refractivity contribution in [1.29, 1.82) is 0 Å². The lowest BCUT2D eigenvalue weighted by molar-refractivity contribution is 0.0883. The van der Waals surface area contributed by atoms with Crippen LogP contribution in [0.5, 0.6) is 0 Å². The molecule has 1 saturated heterocycles. The number of carbonyl (C=O) groups excluding carboxylic acids is 1. The second-order valence-electron chi connectivity index (χ2n) is 5.75. The van der Waals surface area contributed by atoms with Crippen LogP contribution in [-0.4, -0.2) is 23.8 Å². The molecule has 0 radical (unpaired) electrons. The summed E-state index contributed by atoms with van der Waals surface area (Å²) in [5.74, 6) is 0.264. The van der Waals surface area contributed by atoms with Crippen molar-refractivity contribution in [3.8, 4) is 0 Å². The SMILES string of the molecule is CCN1CCC(C(=O)c2ccccc2)C1c1ccc(Cl)cc1. The Morgan fingerprint density at radius 2 is 1.82 bits per heavy atom. The summed E-state index contributed by atoms with van der Waals surface area (Å²) in [7, 11) is 0. The maximum Gasteiger partial charge on any atom is 0.167 e. The van der Waals surface area contributed by atoms with E-state index in [1.165, 1.54) is 5.56 Å². The molecule has 114 valence electrons. The van der Waals surface area contributed by atoms with Crippen molar-refractivity contribution in [3.05, 3.63) is 70.7 Å². The minimum absolute atomic E-state index is 0.0172. The van der Waals surface area contributed by atoms with Crippen molar-refractivity contribution in [2.24, 2.45) is 5.92 Å². The van der Waals surface area contributed by atoms with Crippen molar-refractivity contribution < 1.29 is 4.79 Å². The van der Waals surface area contributed by atoms with Crippen LogP contribution in [0.15, 0.2) is 54.6 Å². The molecule has 2 nitrogen and oxygen atoms in total. The van der Waals surface area contributed by atoms with E-state index < -0.39 is 0 Å². The molecule has 0 saturated carbocycles. The second kappa shape index (κ2) is 6.64. The molecule has 2 atom stereocenters. The maximum absolute atomic E-state index is 12.9. The van der Waals surface area contributed by atoms with E-state index in [9.17, 15) is 4.79 Å². The molecule has 1 aliphatic rings. The Morgan fingerprint density at radius 1 is 1.14 bits per heavy atom. The first-order valence-corrected chi connectivity index (χ1v) is 8.17. The van der Waals surface area contributed by atoms with Crippen LogP contribution in [0.4, 0.5) is 0 Å². The van der Waals surface area contributed by atoms with Crippen LogP contribution in [0.1, 0.15) is 35.3 Å². The van der Waals surface area contributed by atoms with Crippen LogP contribution in [0.25, 0.3) is 0 Å². The average molecular weight is 314 g/mol. The summed E-state index contributed by atoms with van der Waals surface area (Å²) in [6.07, 6.45) is 0.912. The van der Waals surface area contributed by atoms with Gasteiger partial charge in [0.15, 0.2) is 5.78 Å². The van der Waals surface area contributed by atoms with Gasteiger partial charge in [-0.15, -0.1) is 0 Å². The number of halogens is 1. The molecule has 3 heteroatoms. The van der Waals surface area contributed by atoms with Gasteiger partial charge in [0.2, 0.25) is 0 Å². The van der Waals surface area contributed by atoms with Crippen LogP contribution in [0, 0.1) is 5.92 Å². The summed E-state index contributed by atoms with van der Waals surface area (Å²) in [6.45, 7) is 4.07. The Morgan fingerprint density at radius 3 is 2.45 bits per heavy atom. The van der Waals surface area contributed by atoms with Crippen molar-refractivity contribution in [2.75, 3.05) is 13.1 Å². The van der Waals surface area contributed by atoms with Crippen LogP contribution < -0.4 is 0 Å². The van der Waals surface area contributed by atoms with Crippen LogP contribution in [-0.2, 0) is 0 Å². The molecule has 2 aromatic carbocycles. The first-order chi connectivity index (χ1) is 10.7. The Hall–Kier alpha value is -1.64. The number of hydrogen-bond donors (Lipinski definition) is 0. The van der Waals surface area contributed by atoms with Gasteiger partial charge in [0.25, 0.3) is 0 Å². The number of benzene rings is 2. The summed E-state index contributed by atoms with van der Waals surface area (Å²) in [5.41, 5.74) is 1.99. The van der Waals surface area contributed by atoms with Gasteiger partial charge >= 0.3 is 0 Å². The molecule has 0 spiro atoms. The number of hydrogen-bond acceptors (Lipinski definition) is 2. The Bertz CT molecular complexity index is 638. The van der Waals surface area contributed by atoms with Gasteiger partial charge in [-0.25, -0.2) is 0 Å². The highest BCUT2D eigenvalue weighted by molar-refractivity contribution is 6.30. The normalized spacial score (nSPS) is 21.9. The predicted molar refractivity (Wildman–Crippen MR) is 90.3 cm³/mol. The quantitative estimate of drug-likeness (QED) is 0.768. The molecule has 0 amide bonds. The third-order valence-electron chi connectivity index (χ3n) is 4.51. The van der Waals surface area contributed by atoms with Gasteiger partial charge in [-0.2, -0.15) is 0 Å². The van der Waals surface area contributed by atoms with E-state index >= 15 is 0 Å². The number of ketones is 1. The number of Topliss-reactive ketones (excluding diaryl/α,β-unsaturated/α-hetero) is 1. The summed E-state index contributed by atoms with van der Waals surface area (Å²) in [4.78, 5) is 15.3. The van der Waals surface area contributed by atoms with E-state index in [1.54, 1.807) is 0 Å². The molecule has 0 aromatic heterocycles. The van der Waals surface area contributed by atoms with Gasteiger partial charge in [0, 0.05) is 22.5 Å². The minimum atomic E-state index is 0.0172. The molecule has 0 aliphatic carbocycles. The van der Waals surface area contributed by atoms with Crippen LogP contribution in [0.2, 0.25) is 5.02 Å². The Labute approximate surface area is 136 Å². The van der Waals surface area contributed by atoms with Crippen molar-refractivity contribution in [1.82, 2.24) is 4.90 Å². The first kappa shape index (κ1) is 15.3. The standard InChI is InChI=1S/C19H20ClNO/c1-2-21-13-12-17(19(22)15-6-4-3-5-7-15)18(21)14-8-10-16(20)11-9-14/h3-11,17-18H,2,12-13H2,1H3. The molecule has 0 bridgehead atoms. The van der Waals surface area contributed by atoms with Gasteiger partial charge in [0.05, 0.1) is 0 Å². The Kier molecular flexibility index (Phi) is 4.60. The molecular weight excluding hydrogens is 294 g/mol. The van der Waals surface area contributed by atoms with E-state index in [0.717, 1.165) is 30.1 Å². The van der Waals surface area contributed by atoms with E-state index in [-0.39, 0.29) is 17.7 Å². The minimum Gasteiger partial charge on any atom is -0.296 e. The van der Waals surface area contributed by atoms with Crippen LogP contribution >= 0.6 is 11.6 Å². The molecule has 3 rings (SSSR count). The first-order valence-electron chi connectivity index (χ1n) is 7.79. The largest absolute Gasteiger partial charge is 0.296 e. The monoisotopic (exact) mass is 313 g/mol. The van der Waals surface area contributed by atoms with E-state index in [4.69, 9.17) is 11.6 Å². The third kappa shape index (κ3) is 2.94. The highest BCUT2D eigenvalue weighted by atomic mass is 35.5. The fourth-order valence-electron chi connectivity index (χ4n) is 3.41. The zero-order valence-corrected chi connectivity index (χ0v) is 13.5. The van der Waals surface area contributed by atoms with Crippen LogP contribution in [0.3, 0.4) is 0 Å². The van der Waals surface area contributed by atoms with E-state index in [1.807, 2.05) is 54.6 Å². The zero-order chi connectivity index (χ0) is 15.5. The number of rotatable bonds is 4. The van der Waals surface area contributed by atoms with Gasteiger partial charge in [-0.05, 0) is 37.2 Å².